The molecular weight excluding hydrogens is 339 g/mol. The van der Waals surface area contributed by atoms with Gasteiger partial charge in [0.1, 0.15) is 11.9 Å². The third kappa shape index (κ3) is 5.68. The van der Waals surface area contributed by atoms with Gasteiger partial charge in [0.05, 0.1) is 12.2 Å². The van der Waals surface area contributed by atoms with Crippen LogP contribution in [0.15, 0.2) is 11.8 Å². The van der Waals surface area contributed by atoms with E-state index in [9.17, 15) is 19.4 Å². The van der Waals surface area contributed by atoms with Crippen molar-refractivity contribution >= 4 is 5.97 Å². The molecule has 3 N–H and O–H groups in total. The second kappa shape index (κ2) is 10.3. The Balaban J connectivity index is 1.82. The maximum atomic E-state index is 14.8. The first kappa shape index (κ1) is 21.2. The molecular formula is C20H33FO5. The minimum Gasteiger partial charge on any atom is -0.491 e. The smallest absolute Gasteiger partial charge is 0.303 e. The SMILES string of the molecule is CCCCC(O)CCC[C@@H]1[C@H]2[C@H](F)C(=CCCCC(=O)O)O[C@@H]2C[C@H]1O. The summed E-state index contributed by atoms with van der Waals surface area (Å²) in [6.07, 6.45) is 5.78. The first-order chi connectivity index (χ1) is 12.4. The lowest BCUT2D eigenvalue weighted by Gasteiger charge is -2.22. The molecule has 26 heavy (non-hydrogen) atoms. The molecule has 0 aromatic carbocycles. The second-order valence-corrected chi connectivity index (χ2v) is 7.72. The quantitative estimate of drug-likeness (QED) is 0.483. The Morgan fingerprint density at radius 1 is 1.35 bits per heavy atom. The molecule has 1 saturated heterocycles. The van der Waals surface area contributed by atoms with Crippen molar-refractivity contribution in [2.24, 2.45) is 11.8 Å². The number of ether oxygens (including phenoxy) is 1. The van der Waals surface area contributed by atoms with E-state index in [-0.39, 0.29) is 30.5 Å². The predicted molar refractivity (Wildman–Crippen MR) is 96.3 cm³/mol. The molecule has 2 aliphatic rings. The van der Waals surface area contributed by atoms with Gasteiger partial charge in [0, 0.05) is 18.8 Å². The number of rotatable bonds is 11. The maximum absolute atomic E-state index is 14.8. The molecule has 0 amide bonds. The van der Waals surface area contributed by atoms with E-state index in [0.29, 0.717) is 37.9 Å². The molecule has 0 radical (unpaired) electrons. The van der Waals surface area contributed by atoms with Crippen LogP contribution in [0.4, 0.5) is 4.39 Å². The van der Waals surface area contributed by atoms with E-state index >= 15 is 0 Å². The van der Waals surface area contributed by atoms with E-state index in [1.54, 1.807) is 6.08 Å². The van der Waals surface area contributed by atoms with E-state index in [1.165, 1.54) is 0 Å². The maximum Gasteiger partial charge on any atom is 0.303 e. The van der Waals surface area contributed by atoms with Gasteiger partial charge in [-0.3, -0.25) is 4.79 Å². The highest BCUT2D eigenvalue weighted by atomic mass is 19.1. The highest BCUT2D eigenvalue weighted by molar-refractivity contribution is 5.66. The fourth-order valence-electron chi connectivity index (χ4n) is 4.28. The van der Waals surface area contributed by atoms with Gasteiger partial charge in [-0.1, -0.05) is 26.2 Å². The molecule has 6 atom stereocenters. The van der Waals surface area contributed by atoms with Crippen molar-refractivity contribution < 1.29 is 29.2 Å². The number of fused-ring (bicyclic) bond motifs is 1. The van der Waals surface area contributed by atoms with E-state index in [4.69, 9.17) is 9.84 Å². The first-order valence-corrected chi connectivity index (χ1v) is 10.0. The van der Waals surface area contributed by atoms with Crippen LogP contribution in [0.25, 0.3) is 0 Å². The largest absolute Gasteiger partial charge is 0.491 e. The third-order valence-corrected chi connectivity index (χ3v) is 5.69. The number of hydrogen-bond acceptors (Lipinski definition) is 4. The van der Waals surface area contributed by atoms with E-state index < -0.39 is 18.2 Å². The molecule has 2 fully saturated rings. The number of halogens is 1. The third-order valence-electron chi connectivity index (χ3n) is 5.69. The van der Waals surface area contributed by atoms with Crippen molar-refractivity contribution in [2.45, 2.75) is 95.6 Å². The van der Waals surface area contributed by atoms with Gasteiger partial charge in [-0.2, -0.15) is 0 Å². The number of carboxylic acid groups (broad SMARTS) is 1. The number of aliphatic hydroxyl groups excluding tert-OH is 2. The van der Waals surface area contributed by atoms with E-state index in [2.05, 4.69) is 6.92 Å². The number of unbranched alkanes of at least 4 members (excludes halogenated alkanes) is 2. The molecule has 6 heteroatoms. The molecule has 0 aromatic heterocycles. The summed E-state index contributed by atoms with van der Waals surface area (Å²) in [5.41, 5.74) is 0. The molecule has 150 valence electrons. The number of carboxylic acids is 1. The minimum absolute atomic E-state index is 0.0648. The predicted octanol–water partition coefficient (Wildman–Crippen LogP) is 3.58. The van der Waals surface area contributed by atoms with Crippen LogP contribution in [0.1, 0.15) is 71.1 Å². The summed E-state index contributed by atoms with van der Waals surface area (Å²) >= 11 is 0. The molecule has 5 nitrogen and oxygen atoms in total. The molecule has 2 rings (SSSR count). The zero-order valence-electron chi connectivity index (χ0n) is 15.6. The van der Waals surface area contributed by atoms with Gasteiger partial charge in [-0.05, 0) is 44.1 Å². The molecule has 0 spiro atoms. The number of carbonyl (C=O) groups is 1. The van der Waals surface area contributed by atoms with Gasteiger partial charge in [0.25, 0.3) is 0 Å². The number of hydrogen-bond donors (Lipinski definition) is 3. The number of aliphatic hydroxyl groups is 2. The van der Waals surface area contributed by atoms with Crippen molar-refractivity contribution in [1.29, 1.82) is 0 Å². The van der Waals surface area contributed by atoms with Crippen molar-refractivity contribution in [3.63, 3.8) is 0 Å². The number of alkyl halides is 1. The minimum atomic E-state index is -1.23. The Morgan fingerprint density at radius 3 is 2.77 bits per heavy atom. The molecule has 1 aliphatic heterocycles. The fraction of sp³-hybridized carbons (Fsp3) is 0.850. The molecule has 0 bridgehead atoms. The highest BCUT2D eigenvalue weighted by Crippen LogP contribution is 2.48. The average Bonchev–Trinajstić information content (AvgIpc) is 3.05. The number of aliphatic carboxylic acids is 1. The summed E-state index contributed by atoms with van der Waals surface area (Å²) in [5.74, 6) is -1.01. The molecule has 0 aromatic rings. The molecule has 1 heterocycles. The summed E-state index contributed by atoms with van der Waals surface area (Å²) in [7, 11) is 0. The van der Waals surface area contributed by atoms with Gasteiger partial charge in [0.15, 0.2) is 6.17 Å². The Kier molecular flexibility index (Phi) is 8.35. The fourth-order valence-corrected chi connectivity index (χ4v) is 4.28. The summed E-state index contributed by atoms with van der Waals surface area (Å²) in [6, 6.07) is 0. The molecule has 1 aliphatic carbocycles. The average molecular weight is 372 g/mol. The molecule has 1 saturated carbocycles. The van der Waals surface area contributed by atoms with Crippen LogP contribution in [0, 0.1) is 11.8 Å². The van der Waals surface area contributed by atoms with Gasteiger partial charge in [0.2, 0.25) is 0 Å². The van der Waals surface area contributed by atoms with Crippen LogP contribution >= 0.6 is 0 Å². The Labute approximate surface area is 155 Å². The lowest BCUT2D eigenvalue weighted by Crippen LogP contribution is -2.26. The molecule has 1 unspecified atom stereocenters. The van der Waals surface area contributed by atoms with E-state index in [1.807, 2.05) is 0 Å². The number of allylic oxidation sites excluding steroid dienone is 2. The second-order valence-electron chi connectivity index (χ2n) is 7.72. The van der Waals surface area contributed by atoms with Crippen molar-refractivity contribution in [2.75, 3.05) is 0 Å². The van der Waals surface area contributed by atoms with Gasteiger partial charge >= 0.3 is 5.97 Å². The summed E-state index contributed by atoms with van der Waals surface area (Å²) in [6.45, 7) is 2.09. The normalized spacial score (nSPS) is 33.2. The van der Waals surface area contributed by atoms with Gasteiger partial charge < -0.3 is 20.1 Å². The topological polar surface area (TPSA) is 87.0 Å². The first-order valence-electron chi connectivity index (χ1n) is 10.0. The summed E-state index contributed by atoms with van der Waals surface area (Å²) in [4.78, 5) is 10.5. The Morgan fingerprint density at radius 2 is 2.08 bits per heavy atom. The zero-order valence-corrected chi connectivity index (χ0v) is 15.6. The lowest BCUT2D eigenvalue weighted by molar-refractivity contribution is -0.137. The van der Waals surface area contributed by atoms with Crippen LogP contribution < -0.4 is 0 Å². The van der Waals surface area contributed by atoms with Crippen molar-refractivity contribution in [3.05, 3.63) is 11.8 Å². The van der Waals surface area contributed by atoms with Crippen molar-refractivity contribution in [3.8, 4) is 0 Å². The monoisotopic (exact) mass is 372 g/mol. The van der Waals surface area contributed by atoms with Gasteiger partial charge in [-0.15, -0.1) is 0 Å². The zero-order chi connectivity index (χ0) is 19.1. The van der Waals surface area contributed by atoms with Crippen LogP contribution in [0.2, 0.25) is 0 Å². The summed E-state index contributed by atoms with van der Waals surface area (Å²) in [5, 5.41) is 28.9. The van der Waals surface area contributed by atoms with Crippen LogP contribution in [-0.2, 0) is 9.53 Å². The summed E-state index contributed by atoms with van der Waals surface area (Å²) < 4.78 is 20.5. The van der Waals surface area contributed by atoms with E-state index in [0.717, 1.165) is 25.7 Å². The highest BCUT2D eigenvalue weighted by Gasteiger charge is 2.53. The van der Waals surface area contributed by atoms with Crippen LogP contribution in [0.3, 0.4) is 0 Å². The Bertz CT molecular complexity index is 481. The lowest BCUT2D eigenvalue weighted by atomic mass is 9.85. The van der Waals surface area contributed by atoms with Gasteiger partial charge in [-0.25, -0.2) is 4.39 Å². The van der Waals surface area contributed by atoms with Crippen LogP contribution in [0.5, 0.6) is 0 Å². The van der Waals surface area contributed by atoms with Crippen LogP contribution in [-0.4, -0.2) is 45.8 Å². The Hall–Kier alpha value is -1.14. The van der Waals surface area contributed by atoms with Crippen molar-refractivity contribution in [1.82, 2.24) is 0 Å². The standard InChI is InChI=1S/C20H33FO5/c1-2-3-7-13(22)8-6-9-14-15(23)12-17-19(14)20(21)16(26-17)10-4-5-11-18(24)25/h10,13-15,17,19-20,22-23H,2-9,11-12H2,1H3,(H,24,25)/t13?,14-,15+,17+,19+,20+/m0/s1.